The second-order valence-corrected chi connectivity index (χ2v) is 4.30. The van der Waals surface area contributed by atoms with Gasteiger partial charge in [0.05, 0.1) is 4.60 Å². The van der Waals surface area contributed by atoms with E-state index in [2.05, 4.69) is 45.6 Å². The van der Waals surface area contributed by atoms with Crippen molar-refractivity contribution in [1.82, 2.24) is 4.57 Å². The van der Waals surface area contributed by atoms with Crippen molar-refractivity contribution < 1.29 is 0 Å². The zero-order valence-electron chi connectivity index (χ0n) is 8.34. The lowest BCUT2D eigenvalue weighted by Crippen LogP contribution is -1.96. The van der Waals surface area contributed by atoms with Crippen LogP contribution in [0.3, 0.4) is 0 Å². The molecule has 2 nitrogen and oxygen atoms in total. The van der Waals surface area contributed by atoms with Crippen LogP contribution in [0.15, 0.2) is 22.8 Å². The van der Waals surface area contributed by atoms with Crippen LogP contribution in [-0.4, -0.2) is 4.57 Å². The minimum Gasteiger partial charge on any atom is -0.338 e. The second-order valence-electron chi connectivity index (χ2n) is 3.55. The van der Waals surface area contributed by atoms with Crippen LogP contribution in [0.5, 0.6) is 0 Å². The largest absolute Gasteiger partial charge is 0.338 e. The number of nitrogens with zero attached hydrogens (tertiary/aromatic N) is 1. The fourth-order valence-electron chi connectivity index (χ4n) is 1.80. The van der Waals surface area contributed by atoms with Gasteiger partial charge in [-0.3, -0.25) is 0 Å². The zero-order valence-corrected chi connectivity index (χ0v) is 9.93. The maximum Gasteiger partial charge on any atom is 0.0900 e. The normalized spacial score (nSPS) is 11.1. The molecule has 1 heterocycles. The topological polar surface area (TPSA) is 30.9 Å². The van der Waals surface area contributed by atoms with Crippen molar-refractivity contribution in [1.29, 1.82) is 0 Å². The molecular weight excluding hydrogens is 240 g/mol. The molecule has 0 spiro atoms. The molecule has 0 fully saturated rings. The Morgan fingerprint density at radius 1 is 1.43 bits per heavy atom. The summed E-state index contributed by atoms with van der Waals surface area (Å²) >= 11 is 3.56. The van der Waals surface area contributed by atoms with E-state index in [1.54, 1.807) is 0 Å². The number of halogens is 1. The number of benzene rings is 1. The van der Waals surface area contributed by atoms with Gasteiger partial charge in [-0.1, -0.05) is 11.6 Å². The number of aromatic nitrogens is 1. The van der Waals surface area contributed by atoms with E-state index in [0.717, 1.165) is 4.60 Å². The minimum absolute atomic E-state index is 0.571. The summed E-state index contributed by atoms with van der Waals surface area (Å²) in [6.07, 6.45) is 0. The quantitative estimate of drug-likeness (QED) is 0.832. The van der Waals surface area contributed by atoms with Gasteiger partial charge in [-0.15, -0.1) is 0 Å². The maximum absolute atomic E-state index is 5.74. The Hall–Kier alpha value is -0.800. The van der Waals surface area contributed by atoms with E-state index in [1.165, 1.54) is 22.0 Å². The van der Waals surface area contributed by atoms with Crippen molar-refractivity contribution in [3.05, 3.63) is 33.9 Å². The monoisotopic (exact) mass is 252 g/mol. The Morgan fingerprint density at radius 2 is 2.14 bits per heavy atom. The molecule has 0 amide bonds. The van der Waals surface area contributed by atoms with Crippen molar-refractivity contribution >= 4 is 26.8 Å². The summed E-state index contributed by atoms with van der Waals surface area (Å²) in [6.45, 7) is 2.67. The van der Waals surface area contributed by atoms with Crippen molar-refractivity contribution in [3.8, 4) is 0 Å². The molecule has 14 heavy (non-hydrogen) atoms. The van der Waals surface area contributed by atoms with Crippen LogP contribution in [0.1, 0.15) is 11.1 Å². The number of rotatable bonds is 1. The van der Waals surface area contributed by atoms with Crippen LogP contribution in [0, 0.1) is 6.92 Å². The molecule has 74 valence electrons. The standard InChI is InChI=1S/C11H13BrN2/c1-7-3-4-10-8(5-7)9(6-13)11(12)14(10)2/h3-5H,6,13H2,1-2H3. The molecule has 2 aromatic rings. The first-order valence-corrected chi connectivity index (χ1v) is 5.38. The van der Waals surface area contributed by atoms with Gasteiger partial charge in [0.1, 0.15) is 0 Å². The molecule has 0 saturated carbocycles. The van der Waals surface area contributed by atoms with Crippen molar-refractivity contribution in [3.63, 3.8) is 0 Å². The van der Waals surface area contributed by atoms with Gasteiger partial charge in [-0.25, -0.2) is 0 Å². The van der Waals surface area contributed by atoms with Gasteiger partial charge in [-0.2, -0.15) is 0 Å². The Morgan fingerprint density at radius 3 is 2.79 bits per heavy atom. The van der Waals surface area contributed by atoms with Crippen LogP contribution in [-0.2, 0) is 13.6 Å². The average molecular weight is 253 g/mol. The highest BCUT2D eigenvalue weighted by Crippen LogP contribution is 2.29. The van der Waals surface area contributed by atoms with Gasteiger partial charge in [0.15, 0.2) is 0 Å². The predicted octanol–water partition coefficient (Wildman–Crippen LogP) is 2.71. The molecule has 0 radical (unpaired) electrons. The highest BCUT2D eigenvalue weighted by molar-refractivity contribution is 9.10. The third-order valence-electron chi connectivity index (χ3n) is 2.59. The molecule has 0 aliphatic carbocycles. The average Bonchev–Trinajstić information content (AvgIpc) is 2.39. The van der Waals surface area contributed by atoms with E-state index in [-0.39, 0.29) is 0 Å². The third kappa shape index (κ3) is 1.28. The molecule has 2 rings (SSSR count). The Balaban J connectivity index is 2.89. The zero-order chi connectivity index (χ0) is 10.3. The van der Waals surface area contributed by atoms with Crippen LogP contribution in [0.2, 0.25) is 0 Å². The van der Waals surface area contributed by atoms with Crippen LogP contribution in [0.25, 0.3) is 10.9 Å². The van der Waals surface area contributed by atoms with Crippen molar-refractivity contribution in [2.24, 2.45) is 12.8 Å². The van der Waals surface area contributed by atoms with Crippen molar-refractivity contribution in [2.75, 3.05) is 0 Å². The molecule has 1 aromatic heterocycles. The summed E-state index contributed by atoms with van der Waals surface area (Å²) in [7, 11) is 2.04. The first-order chi connectivity index (χ1) is 6.65. The van der Waals surface area contributed by atoms with E-state index in [4.69, 9.17) is 5.73 Å². The number of aryl methyl sites for hydroxylation is 2. The molecule has 0 aliphatic heterocycles. The van der Waals surface area contributed by atoms with Gasteiger partial charge < -0.3 is 10.3 Å². The van der Waals surface area contributed by atoms with Gasteiger partial charge >= 0.3 is 0 Å². The molecule has 0 saturated heterocycles. The number of fused-ring (bicyclic) bond motifs is 1. The lowest BCUT2D eigenvalue weighted by molar-refractivity contribution is 0.917. The second kappa shape index (κ2) is 3.41. The minimum atomic E-state index is 0.571. The summed E-state index contributed by atoms with van der Waals surface area (Å²) < 4.78 is 3.21. The molecule has 0 aliphatic rings. The SMILES string of the molecule is Cc1ccc2c(c1)c(CN)c(Br)n2C. The molecule has 0 bridgehead atoms. The van der Waals surface area contributed by atoms with Gasteiger partial charge in [0.25, 0.3) is 0 Å². The first kappa shape index (κ1) is 9.74. The molecule has 0 unspecified atom stereocenters. The summed E-state index contributed by atoms with van der Waals surface area (Å²) in [5.74, 6) is 0. The van der Waals surface area contributed by atoms with Gasteiger partial charge in [0, 0.05) is 30.1 Å². The molecule has 3 heteroatoms. The lowest BCUT2D eigenvalue weighted by atomic mass is 10.1. The highest BCUT2D eigenvalue weighted by Gasteiger charge is 2.10. The highest BCUT2D eigenvalue weighted by atomic mass is 79.9. The fourth-order valence-corrected chi connectivity index (χ4v) is 2.36. The molecular formula is C11H13BrN2. The summed E-state index contributed by atoms with van der Waals surface area (Å²) in [6, 6.07) is 6.44. The fraction of sp³-hybridized carbons (Fsp3) is 0.273. The smallest absolute Gasteiger partial charge is 0.0900 e. The Bertz CT molecular complexity index is 485. The summed E-state index contributed by atoms with van der Waals surface area (Å²) in [5, 5.41) is 1.25. The van der Waals surface area contributed by atoms with E-state index in [9.17, 15) is 0 Å². The number of nitrogens with two attached hydrogens (primary N) is 1. The first-order valence-electron chi connectivity index (χ1n) is 4.58. The summed E-state index contributed by atoms with van der Waals surface area (Å²) in [4.78, 5) is 0. The predicted molar refractivity (Wildman–Crippen MR) is 63.2 cm³/mol. The van der Waals surface area contributed by atoms with Gasteiger partial charge in [0.2, 0.25) is 0 Å². The van der Waals surface area contributed by atoms with E-state index in [0.29, 0.717) is 6.54 Å². The molecule has 0 atom stereocenters. The number of hydrogen-bond donors (Lipinski definition) is 1. The van der Waals surface area contributed by atoms with Crippen LogP contribution < -0.4 is 5.73 Å². The lowest BCUT2D eigenvalue weighted by Gasteiger charge is -1.97. The Kier molecular flexibility index (Phi) is 2.37. The van der Waals surface area contributed by atoms with Crippen molar-refractivity contribution in [2.45, 2.75) is 13.5 Å². The van der Waals surface area contributed by atoms with Gasteiger partial charge in [-0.05, 0) is 35.0 Å². The van der Waals surface area contributed by atoms with E-state index in [1.807, 2.05) is 7.05 Å². The molecule has 2 N–H and O–H groups in total. The summed E-state index contributed by atoms with van der Waals surface area (Å²) in [5.41, 5.74) is 9.42. The maximum atomic E-state index is 5.74. The van der Waals surface area contributed by atoms with Crippen LogP contribution >= 0.6 is 15.9 Å². The Labute approximate surface area is 91.8 Å². The van der Waals surface area contributed by atoms with Crippen LogP contribution in [0.4, 0.5) is 0 Å². The van der Waals surface area contributed by atoms with E-state index < -0.39 is 0 Å². The molecule has 1 aromatic carbocycles. The third-order valence-corrected chi connectivity index (χ3v) is 3.60. The number of hydrogen-bond acceptors (Lipinski definition) is 1. The van der Waals surface area contributed by atoms with E-state index >= 15 is 0 Å².